The third kappa shape index (κ3) is 5.32. The number of sulfonamides is 1. The maximum atomic E-state index is 12.7. The summed E-state index contributed by atoms with van der Waals surface area (Å²) in [7, 11) is -6.98. The van der Waals surface area contributed by atoms with Crippen LogP contribution >= 0.6 is 0 Å². The minimum Gasteiger partial charge on any atom is -0.348 e. The molecule has 0 fully saturated rings. The number of benzene rings is 2. The largest absolute Gasteiger partial charge is 0.348 e. The van der Waals surface area contributed by atoms with E-state index in [9.17, 15) is 21.6 Å². The van der Waals surface area contributed by atoms with Crippen LogP contribution in [-0.4, -0.2) is 41.3 Å². The van der Waals surface area contributed by atoms with Gasteiger partial charge in [0.2, 0.25) is 15.9 Å². The Balaban J connectivity index is 2.20. The molecular formula is C19H24N2O5S2. The first-order valence-electron chi connectivity index (χ1n) is 8.56. The number of amides is 1. The Morgan fingerprint density at radius 3 is 1.89 bits per heavy atom. The lowest BCUT2D eigenvalue weighted by Crippen LogP contribution is -2.48. The molecule has 152 valence electrons. The van der Waals surface area contributed by atoms with E-state index in [1.54, 1.807) is 49.4 Å². The zero-order valence-corrected chi connectivity index (χ0v) is 17.8. The van der Waals surface area contributed by atoms with Crippen molar-refractivity contribution in [2.45, 2.75) is 30.8 Å². The standard InChI is InChI=1S/C19H24N2O5S2/c1-14(16-10-12-18(13-11-16)27(3,23)24)20-19(22)15(2)21(28(4,25)26)17-8-6-5-7-9-17/h5-15H,1-4H3,(H,20,22). The molecule has 0 aliphatic carbocycles. The van der Waals surface area contributed by atoms with Crippen LogP contribution in [0.5, 0.6) is 0 Å². The van der Waals surface area contributed by atoms with Crippen molar-refractivity contribution in [2.75, 3.05) is 16.8 Å². The molecule has 0 aliphatic rings. The van der Waals surface area contributed by atoms with E-state index in [-0.39, 0.29) is 4.90 Å². The minimum absolute atomic E-state index is 0.190. The number of sulfone groups is 1. The predicted molar refractivity (Wildman–Crippen MR) is 109 cm³/mol. The summed E-state index contributed by atoms with van der Waals surface area (Å²) in [5.41, 5.74) is 1.11. The van der Waals surface area contributed by atoms with Crippen LogP contribution in [0.3, 0.4) is 0 Å². The summed E-state index contributed by atoms with van der Waals surface area (Å²) in [5.74, 6) is -0.464. The number of nitrogens with zero attached hydrogens (tertiary/aromatic N) is 1. The second kappa shape index (κ2) is 8.32. The number of hydrogen-bond donors (Lipinski definition) is 1. The number of nitrogens with one attached hydrogen (secondary N) is 1. The van der Waals surface area contributed by atoms with Gasteiger partial charge in [0, 0.05) is 6.26 Å². The molecule has 0 heterocycles. The third-order valence-electron chi connectivity index (χ3n) is 4.27. The number of carbonyl (C=O) groups excluding carboxylic acids is 1. The van der Waals surface area contributed by atoms with Gasteiger partial charge in [-0.05, 0) is 43.7 Å². The van der Waals surface area contributed by atoms with E-state index >= 15 is 0 Å². The van der Waals surface area contributed by atoms with Crippen molar-refractivity contribution in [1.29, 1.82) is 0 Å². The van der Waals surface area contributed by atoms with Gasteiger partial charge in [0.1, 0.15) is 6.04 Å². The van der Waals surface area contributed by atoms with Gasteiger partial charge in [-0.25, -0.2) is 16.8 Å². The molecule has 7 nitrogen and oxygen atoms in total. The molecule has 0 aromatic heterocycles. The highest BCUT2D eigenvalue weighted by molar-refractivity contribution is 7.92. The quantitative estimate of drug-likeness (QED) is 0.734. The van der Waals surface area contributed by atoms with Gasteiger partial charge in [-0.2, -0.15) is 0 Å². The maximum Gasteiger partial charge on any atom is 0.244 e. The monoisotopic (exact) mass is 424 g/mol. The summed E-state index contributed by atoms with van der Waals surface area (Å²) in [4.78, 5) is 12.9. The average molecular weight is 425 g/mol. The van der Waals surface area contributed by atoms with Crippen molar-refractivity contribution >= 4 is 31.5 Å². The van der Waals surface area contributed by atoms with Crippen LogP contribution in [-0.2, 0) is 24.7 Å². The van der Waals surface area contributed by atoms with E-state index in [1.165, 1.54) is 19.1 Å². The van der Waals surface area contributed by atoms with Crippen LogP contribution < -0.4 is 9.62 Å². The van der Waals surface area contributed by atoms with Crippen molar-refractivity contribution in [1.82, 2.24) is 5.32 Å². The molecule has 0 spiro atoms. The summed E-state index contributed by atoms with van der Waals surface area (Å²) in [5, 5.41) is 2.78. The molecule has 0 bridgehead atoms. The van der Waals surface area contributed by atoms with Crippen LogP contribution in [0.2, 0.25) is 0 Å². The van der Waals surface area contributed by atoms with Crippen LogP contribution in [0.1, 0.15) is 25.5 Å². The van der Waals surface area contributed by atoms with Crippen molar-refractivity contribution in [2.24, 2.45) is 0 Å². The second-order valence-corrected chi connectivity index (χ2v) is 10.5. The Morgan fingerprint density at radius 1 is 0.893 bits per heavy atom. The van der Waals surface area contributed by atoms with E-state index < -0.39 is 37.9 Å². The Morgan fingerprint density at radius 2 is 1.43 bits per heavy atom. The first-order valence-corrected chi connectivity index (χ1v) is 12.3. The van der Waals surface area contributed by atoms with E-state index in [1.807, 2.05) is 0 Å². The van der Waals surface area contributed by atoms with Gasteiger partial charge >= 0.3 is 0 Å². The molecule has 2 aromatic carbocycles. The van der Waals surface area contributed by atoms with Crippen molar-refractivity contribution in [3.8, 4) is 0 Å². The summed E-state index contributed by atoms with van der Waals surface area (Å²) < 4.78 is 48.7. The molecule has 0 aliphatic heterocycles. The highest BCUT2D eigenvalue weighted by Crippen LogP contribution is 2.21. The number of rotatable bonds is 7. The molecule has 1 N–H and O–H groups in total. The lowest BCUT2D eigenvalue weighted by Gasteiger charge is -2.29. The molecule has 0 saturated heterocycles. The fraction of sp³-hybridized carbons (Fsp3) is 0.316. The Kier molecular flexibility index (Phi) is 6.51. The summed E-state index contributed by atoms with van der Waals surface area (Å²) in [6, 6.07) is 13.2. The number of hydrogen-bond acceptors (Lipinski definition) is 5. The summed E-state index contributed by atoms with van der Waals surface area (Å²) in [6.07, 6.45) is 2.18. The van der Waals surface area contributed by atoms with E-state index in [0.717, 1.165) is 16.8 Å². The smallest absolute Gasteiger partial charge is 0.244 e. The zero-order chi connectivity index (χ0) is 21.1. The van der Waals surface area contributed by atoms with Crippen molar-refractivity contribution < 1.29 is 21.6 Å². The molecule has 2 rings (SSSR count). The van der Waals surface area contributed by atoms with Crippen LogP contribution in [0.25, 0.3) is 0 Å². The third-order valence-corrected chi connectivity index (χ3v) is 6.64. The fourth-order valence-corrected chi connectivity index (χ4v) is 4.61. The van der Waals surface area contributed by atoms with Gasteiger partial charge in [-0.15, -0.1) is 0 Å². The predicted octanol–water partition coefficient (Wildman–Crippen LogP) is 2.12. The number of para-hydroxylation sites is 1. The lowest BCUT2D eigenvalue weighted by molar-refractivity contribution is -0.122. The number of carbonyl (C=O) groups is 1. The topological polar surface area (TPSA) is 101 Å². The second-order valence-electron chi connectivity index (χ2n) is 6.64. The Hall–Kier alpha value is -2.39. The summed E-state index contributed by atoms with van der Waals surface area (Å²) in [6.45, 7) is 3.26. The molecule has 2 unspecified atom stereocenters. The molecular weight excluding hydrogens is 400 g/mol. The van der Waals surface area contributed by atoms with Crippen molar-refractivity contribution in [3.05, 3.63) is 60.2 Å². The summed E-state index contributed by atoms with van der Waals surface area (Å²) >= 11 is 0. The van der Waals surface area contributed by atoms with Gasteiger partial charge in [0.05, 0.1) is 22.9 Å². The first kappa shape index (κ1) is 21.9. The van der Waals surface area contributed by atoms with Gasteiger partial charge in [0.25, 0.3) is 0 Å². The van der Waals surface area contributed by atoms with Crippen molar-refractivity contribution in [3.63, 3.8) is 0 Å². The average Bonchev–Trinajstić information content (AvgIpc) is 2.60. The molecule has 1 amide bonds. The lowest BCUT2D eigenvalue weighted by atomic mass is 10.1. The highest BCUT2D eigenvalue weighted by atomic mass is 32.2. The molecule has 28 heavy (non-hydrogen) atoms. The molecule has 0 radical (unpaired) electrons. The fourth-order valence-electron chi connectivity index (χ4n) is 2.80. The Labute approximate surface area is 166 Å². The van der Waals surface area contributed by atoms with Gasteiger partial charge < -0.3 is 5.32 Å². The van der Waals surface area contributed by atoms with E-state index in [0.29, 0.717) is 11.3 Å². The number of anilines is 1. The molecule has 2 aromatic rings. The first-order chi connectivity index (χ1) is 12.9. The SMILES string of the molecule is CC(NC(=O)C(C)N(c1ccccc1)S(C)(=O)=O)c1ccc(S(C)(=O)=O)cc1. The van der Waals surface area contributed by atoms with Gasteiger partial charge in [0.15, 0.2) is 9.84 Å². The van der Waals surface area contributed by atoms with Crippen LogP contribution in [0, 0.1) is 0 Å². The van der Waals surface area contributed by atoms with E-state index in [2.05, 4.69) is 5.32 Å². The van der Waals surface area contributed by atoms with Gasteiger partial charge in [-0.1, -0.05) is 30.3 Å². The van der Waals surface area contributed by atoms with Gasteiger partial charge in [-0.3, -0.25) is 9.10 Å². The van der Waals surface area contributed by atoms with Crippen LogP contribution in [0.4, 0.5) is 5.69 Å². The normalized spacial score (nSPS) is 14.1. The molecule has 2 atom stereocenters. The van der Waals surface area contributed by atoms with E-state index in [4.69, 9.17) is 0 Å². The molecule has 0 saturated carbocycles. The maximum absolute atomic E-state index is 12.7. The van der Waals surface area contributed by atoms with Crippen LogP contribution in [0.15, 0.2) is 59.5 Å². The molecule has 9 heteroatoms. The Bertz CT molecular complexity index is 1030. The zero-order valence-electron chi connectivity index (χ0n) is 16.2. The minimum atomic E-state index is -3.68. The highest BCUT2D eigenvalue weighted by Gasteiger charge is 2.29.